The molecule has 0 spiro atoms. The Kier molecular flexibility index (Phi) is 4.99. The van der Waals surface area contributed by atoms with Crippen molar-refractivity contribution in [2.45, 2.75) is 51.1 Å². The van der Waals surface area contributed by atoms with Gasteiger partial charge in [-0.2, -0.15) is 0 Å². The molecule has 2 rings (SSSR count). The summed E-state index contributed by atoms with van der Waals surface area (Å²) < 4.78 is 0. The van der Waals surface area contributed by atoms with Crippen LogP contribution in [0, 0.1) is 5.92 Å². The Bertz CT molecular complexity index is 455. The molecule has 0 aromatic carbocycles. The molecule has 1 heterocycles. The molecule has 0 bridgehead atoms. The molecule has 1 saturated carbocycles. The maximum absolute atomic E-state index is 10.9. The number of hydrogen-bond acceptors (Lipinski definition) is 5. The molecule has 1 aliphatic rings. The lowest BCUT2D eigenvalue weighted by molar-refractivity contribution is -0.138. The second-order valence-electron chi connectivity index (χ2n) is 5.56. The van der Waals surface area contributed by atoms with E-state index in [2.05, 4.69) is 16.8 Å². The molecule has 0 saturated heterocycles. The third kappa shape index (κ3) is 3.30. The monoisotopic (exact) mass is 297 g/mol. The molecule has 1 aliphatic carbocycles. The standard InChI is InChI=1S/C14H23N3O2S/c1-3-9-4-6-10(7-5-9)17(2)14-16-11(8-20-14)12(15)13(18)19/h8-10,12H,3-7,15H2,1-2H3,(H,18,19). The van der Waals surface area contributed by atoms with E-state index in [0.717, 1.165) is 11.0 Å². The lowest BCUT2D eigenvalue weighted by atomic mass is 9.84. The van der Waals surface area contributed by atoms with Crippen LogP contribution in [-0.4, -0.2) is 29.1 Å². The van der Waals surface area contributed by atoms with Crippen LogP contribution in [0.25, 0.3) is 0 Å². The number of anilines is 1. The van der Waals surface area contributed by atoms with Gasteiger partial charge in [-0.3, -0.25) is 4.79 Å². The molecule has 112 valence electrons. The molecule has 0 aliphatic heterocycles. The van der Waals surface area contributed by atoms with Gasteiger partial charge in [0, 0.05) is 18.5 Å². The van der Waals surface area contributed by atoms with Crippen molar-refractivity contribution in [2.24, 2.45) is 11.7 Å². The number of carboxylic acid groups (broad SMARTS) is 1. The fraction of sp³-hybridized carbons (Fsp3) is 0.714. The van der Waals surface area contributed by atoms with E-state index >= 15 is 0 Å². The molecule has 20 heavy (non-hydrogen) atoms. The summed E-state index contributed by atoms with van der Waals surface area (Å²) in [5.74, 6) is -0.167. The van der Waals surface area contributed by atoms with E-state index < -0.39 is 12.0 Å². The summed E-state index contributed by atoms with van der Waals surface area (Å²) in [6.45, 7) is 2.26. The minimum atomic E-state index is -1.03. The fourth-order valence-corrected chi connectivity index (χ4v) is 3.70. The lowest BCUT2D eigenvalue weighted by Gasteiger charge is -2.34. The van der Waals surface area contributed by atoms with Crippen molar-refractivity contribution in [3.8, 4) is 0 Å². The first-order chi connectivity index (χ1) is 9.52. The molecule has 0 amide bonds. The second-order valence-corrected chi connectivity index (χ2v) is 6.40. The normalized spacial score (nSPS) is 24.4. The van der Waals surface area contributed by atoms with Crippen molar-refractivity contribution in [1.82, 2.24) is 4.98 Å². The van der Waals surface area contributed by atoms with Gasteiger partial charge in [0.15, 0.2) is 5.13 Å². The van der Waals surface area contributed by atoms with Gasteiger partial charge in [-0.1, -0.05) is 13.3 Å². The Morgan fingerprint density at radius 3 is 2.75 bits per heavy atom. The third-order valence-electron chi connectivity index (χ3n) is 4.34. The van der Waals surface area contributed by atoms with Crippen molar-refractivity contribution in [3.63, 3.8) is 0 Å². The number of hydrogen-bond donors (Lipinski definition) is 2. The Hall–Kier alpha value is -1.14. The number of thiazole rings is 1. The number of rotatable bonds is 5. The molecular weight excluding hydrogens is 274 g/mol. The Morgan fingerprint density at radius 1 is 1.55 bits per heavy atom. The van der Waals surface area contributed by atoms with Crippen LogP contribution < -0.4 is 10.6 Å². The molecule has 1 aromatic heterocycles. The second kappa shape index (κ2) is 6.54. The van der Waals surface area contributed by atoms with Crippen molar-refractivity contribution >= 4 is 22.4 Å². The van der Waals surface area contributed by atoms with E-state index in [-0.39, 0.29) is 0 Å². The summed E-state index contributed by atoms with van der Waals surface area (Å²) in [7, 11) is 2.05. The van der Waals surface area contributed by atoms with Gasteiger partial charge in [0.25, 0.3) is 0 Å². The molecule has 3 N–H and O–H groups in total. The highest BCUT2D eigenvalue weighted by molar-refractivity contribution is 7.13. The van der Waals surface area contributed by atoms with Gasteiger partial charge in [-0.25, -0.2) is 4.98 Å². The Labute approximate surface area is 123 Å². The molecule has 5 nitrogen and oxygen atoms in total. The van der Waals surface area contributed by atoms with Crippen LogP contribution in [0.15, 0.2) is 5.38 Å². The Balaban J connectivity index is 1.99. The zero-order valence-corrected chi connectivity index (χ0v) is 12.9. The number of aliphatic carboxylic acids is 1. The van der Waals surface area contributed by atoms with Crippen LogP contribution in [0.1, 0.15) is 50.8 Å². The third-order valence-corrected chi connectivity index (χ3v) is 5.29. The minimum Gasteiger partial charge on any atom is -0.480 e. The smallest absolute Gasteiger partial charge is 0.326 e. The minimum absolute atomic E-state index is 0.451. The number of carbonyl (C=O) groups is 1. The van der Waals surface area contributed by atoms with Crippen molar-refractivity contribution in [1.29, 1.82) is 0 Å². The zero-order chi connectivity index (χ0) is 14.7. The first-order valence-corrected chi connectivity index (χ1v) is 8.07. The largest absolute Gasteiger partial charge is 0.480 e. The first kappa shape index (κ1) is 15.3. The van der Waals surface area contributed by atoms with Gasteiger partial charge < -0.3 is 15.7 Å². The van der Waals surface area contributed by atoms with Crippen LogP contribution in [-0.2, 0) is 4.79 Å². The van der Waals surface area contributed by atoms with Crippen molar-refractivity contribution in [2.75, 3.05) is 11.9 Å². The van der Waals surface area contributed by atoms with E-state index in [4.69, 9.17) is 10.8 Å². The van der Waals surface area contributed by atoms with Gasteiger partial charge in [-0.05, 0) is 31.6 Å². The van der Waals surface area contributed by atoms with E-state index in [1.807, 2.05) is 7.05 Å². The zero-order valence-electron chi connectivity index (χ0n) is 12.1. The van der Waals surface area contributed by atoms with Gasteiger partial charge in [0.1, 0.15) is 6.04 Å². The summed E-state index contributed by atoms with van der Waals surface area (Å²) in [4.78, 5) is 17.4. The van der Waals surface area contributed by atoms with E-state index in [1.54, 1.807) is 5.38 Å². The summed E-state index contributed by atoms with van der Waals surface area (Å²) in [5, 5.41) is 11.5. The van der Waals surface area contributed by atoms with Crippen molar-refractivity contribution < 1.29 is 9.90 Å². The lowest BCUT2D eigenvalue weighted by Crippen LogP contribution is -2.35. The summed E-state index contributed by atoms with van der Waals surface area (Å²) in [5.41, 5.74) is 6.04. The van der Waals surface area contributed by atoms with Crippen LogP contribution in [0.4, 0.5) is 5.13 Å². The van der Waals surface area contributed by atoms with E-state index in [1.165, 1.54) is 43.4 Å². The molecule has 1 fully saturated rings. The Morgan fingerprint density at radius 2 is 2.20 bits per heavy atom. The van der Waals surface area contributed by atoms with Crippen LogP contribution in [0.2, 0.25) is 0 Å². The SMILES string of the molecule is CCC1CCC(N(C)c2nc(C(N)C(=O)O)cs2)CC1. The first-order valence-electron chi connectivity index (χ1n) is 7.19. The number of aromatic nitrogens is 1. The van der Waals surface area contributed by atoms with E-state index in [9.17, 15) is 4.79 Å². The average Bonchev–Trinajstić information content (AvgIpc) is 2.95. The van der Waals surface area contributed by atoms with Gasteiger partial charge in [0.2, 0.25) is 0 Å². The predicted octanol–water partition coefficient (Wildman–Crippen LogP) is 2.63. The quantitative estimate of drug-likeness (QED) is 0.873. The molecule has 1 aromatic rings. The number of nitrogens with two attached hydrogens (primary N) is 1. The molecule has 1 unspecified atom stereocenters. The summed E-state index contributed by atoms with van der Waals surface area (Å²) >= 11 is 1.48. The maximum atomic E-state index is 10.9. The molecule has 6 heteroatoms. The predicted molar refractivity (Wildman–Crippen MR) is 81.1 cm³/mol. The average molecular weight is 297 g/mol. The summed E-state index contributed by atoms with van der Waals surface area (Å²) in [6, 6.07) is -0.512. The van der Waals surface area contributed by atoms with Crippen LogP contribution in [0.3, 0.4) is 0 Å². The fourth-order valence-electron chi connectivity index (χ4n) is 2.80. The molecule has 0 radical (unpaired) electrons. The topological polar surface area (TPSA) is 79.5 Å². The van der Waals surface area contributed by atoms with Crippen LogP contribution >= 0.6 is 11.3 Å². The maximum Gasteiger partial charge on any atom is 0.326 e. The van der Waals surface area contributed by atoms with Gasteiger partial charge in [0.05, 0.1) is 5.69 Å². The van der Waals surface area contributed by atoms with Crippen molar-refractivity contribution in [3.05, 3.63) is 11.1 Å². The highest BCUT2D eigenvalue weighted by Gasteiger charge is 2.25. The molecular formula is C14H23N3O2S. The van der Waals surface area contributed by atoms with Gasteiger partial charge >= 0.3 is 5.97 Å². The van der Waals surface area contributed by atoms with E-state index in [0.29, 0.717) is 11.7 Å². The van der Waals surface area contributed by atoms with Gasteiger partial charge in [-0.15, -0.1) is 11.3 Å². The number of nitrogens with zero attached hydrogens (tertiary/aromatic N) is 2. The molecule has 1 atom stereocenters. The highest BCUT2D eigenvalue weighted by atomic mass is 32.1. The summed E-state index contributed by atoms with van der Waals surface area (Å²) in [6.07, 6.45) is 6.20. The van der Waals surface area contributed by atoms with Crippen LogP contribution in [0.5, 0.6) is 0 Å². The number of carboxylic acids is 1. The highest BCUT2D eigenvalue weighted by Crippen LogP contribution is 2.32.